The Morgan fingerprint density at radius 3 is 2.87 bits per heavy atom. The van der Waals surface area contributed by atoms with Gasteiger partial charge >= 0.3 is 0 Å². The Balaban J connectivity index is 1.75. The number of aromatic nitrogens is 1. The maximum Gasteiger partial charge on any atom is 0.250 e. The molecule has 7 heteroatoms. The van der Waals surface area contributed by atoms with Crippen molar-refractivity contribution >= 4 is 17.5 Å². The zero-order valence-corrected chi connectivity index (χ0v) is 18.5. The lowest BCUT2D eigenvalue weighted by atomic mass is 9.62. The first-order valence-electron chi connectivity index (χ1n) is 10.5. The van der Waals surface area contributed by atoms with E-state index < -0.39 is 5.41 Å². The molecule has 2 atom stereocenters. The molecule has 0 saturated heterocycles. The largest absolute Gasteiger partial charge is 0.362 e. The number of benzene rings is 1. The summed E-state index contributed by atoms with van der Waals surface area (Å²) in [6.45, 7) is 6.19. The van der Waals surface area contributed by atoms with E-state index in [0.29, 0.717) is 17.9 Å². The van der Waals surface area contributed by atoms with Crippen LogP contribution in [0.4, 0.5) is 0 Å². The van der Waals surface area contributed by atoms with Gasteiger partial charge in [-0.1, -0.05) is 36.7 Å². The fourth-order valence-corrected chi connectivity index (χ4v) is 5.40. The molecule has 1 amide bonds. The fourth-order valence-electron chi connectivity index (χ4n) is 5.17. The molecule has 1 aromatic heterocycles. The van der Waals surface area contributed by atoms with Crippen molar-refractivity contribution in [2.75, 3.05) is 0 Å². The Morgan fingerprint density at radius 1 is 1.26 bits per heavy atom. The number of halogens is 1. The standard InChI is InChI=1S/C24H24ClN5O/c1-4-24(15-7-5-6-14(10-15)16-8-9-26-13-18(16)25)17-12-27-30-21(17)28-19-11-23(2,3)29-22(31)20(19)24/h5-10,12-13,21,28H,4,11H2,1-3H3,(H,29,31)/t21?,24-/m0/s1. The first kappa shape index (κ1) is 19.9. The van der Waals surface area contributed by atoms with Crippen molar-refractivity contribution in [1.82, 2.24) is 15.6 Å². The first-order valence-corrected chi connectivity index (χ1v) is 10.9. The molecule has 0 fully saturated rings. The Bertz CT molecular complexity index is 1180. The van der Waals surface area contributed by atoms with Gasteiger partial charge in [0.15, 0.2) is 6.17 Å². The van der Waals surface area contributed by atoms with Crippen molar-refractivity contribution in [1.29, 1.82) is 0 Å². The van der Waals surface area contributed by atoms with Crippen LogP contribution in [-0.2, 0) is 10.2 Å². The third-order valence-corrected chi connectivity index (χ3v) is 6.77. The van der Waals surface area contributed by atoms with Crippen LogP contribution < -0.4 is 10.6 Å². The van der Waals surface area contributed by atoms with Crippen molar-refractivity contribution in [3.8, 4) is 11.1 Å². The van der Waals surface area contributed by atoms with Crippen LogP contribution in [0.1, 0.15) is 39.2 Å². The van der Waals surface area contributed by atoms with Gasteiger partial charge in [0.05, 0.1) is 22.2 Å². The van der Waals surface area contributed by atoms with Crippen molar-refractivity contribution < 1.29 is 4.79 Å². The van der Waals surface area contributed by atoms with Gasteiger partial charge in [0.2, 0.25) is 0 Å². The van der Waals surface area contributed by atoms with Crippen molar-refractivity contribution in [2.24, 2.45) is 10.2 Å². The van der Waals surface area contributed by atoms with E-state index in [1.807, 2.05) is 38.2 Å². The summed E-state index contributed by atoms with van der Waals surface area (Å²) in [6, 6.07) is 10.2. The Morgan fingerprint density at radius 2 is 2.10 bits per heavy atom. The molecule has 0 bridgehead atoms. The number of hydrogen-bond donors (Lipinski definition) is 2. The highest BCUT2D eigenvalue weighted by Crippen LogP contribution is 2.51. The minimum atomic E-state index is -0.620. The lowest BCUT2D eigenvalue weighted by molar-refractivity contribution is -0.120. The number of fused-ring (bicyclic) bond motifs is 1. The van der Waals surface area contributed by atoms with Gasteiger partial charge in [0.25, 0.3) is 5.91 Å². The zero-order valence-electron chi connectivity index (χ0n) is 17.7. The summed E-state index contributed by atoms with van der Waals surface area (Å²) < 4.78 is 0. The number of nitrogens with zero attached hydrogens (tertiary/aromatic N) is 3. The molecule has 4 heterocycles. The maximum absolute atomic E-state index is 13.5. The Kier molecular flexibility index (Phi) is 4.52. The van der Waals surface area contributed by atoms with Crippen LogP contribution >= 0.6 is 11.6 Å². The number of carbonyl (C=O) groups excluding carboxylic acids is 1. The van der Waals surface area contributed by atoms with Gasteiger partial charge in [-0.3, -0.25) is 9.78 Å². The second-order valence-electron chi connectivity index (χ2n) is 8.93. The van der Waals surface area contributed by atoms with E-state index in [0.717, 1.165) is 33.5 Å². The monoisotopic (exact) mass is 433 g/mol. The van der Waals surface area contributed by atoms with Gasteiger partial charge in [0, 0.05) is 41.2 Å². The molecule has 3 aliphatic rings. The summed E-state index contributed by atoms with van der Waals surface area (Å²) in [7, 11) is 0. The van der Waals surface area contributed by atoms with E-state index in [2.05, 4.69) is 44.9 Å². The third-order valence-electron chi connectivity index (χ3n) is 6.47. The van der Waals surface area contributed by atoms with Gasteiger partial charge in [-0.05, 0) is 43.5 Å². The predicted octanol–water partition coefficient (Wildman–Crippen LogP) is 4.88. The molecule has 2 N–H and O–H groups in total. The summed E-state index contributed by atoms with van der Waals surface area (Å²) in [4.78, 5) is 17.6. The molecule has 3 aliphatic heterocycles. The van der Waals surface area contributed by atoms with E-state index in [9.17, 15) is 4.79 Å². The summed E-state index contributed by atoms with van der Waals surface area (Å²) in [6.07, 6.45) is 6.36. The molecule has 2 aromatic rings. The molecule has 6 nitrogen and oxygen atoms in total. The van der Waals surface area contributed by atoms with Gasteiger partial charge < -0.3 is 10.6 Å². The lowest BCUT2D eigenvalue weighted by Crippen LogP contribution is -2.58. The van der Waals surface area contributed by atoms with Crippen LogP contribution in [0.15, 0.2) is 76.0 Å². The van der Waals surface area contributed by atoms with Gasteiger partial charge in [-0.15, -0.1) is 0 Å². The number of nitrogens with one attached hydrogen (secondary N) is 2. The van der Waals surface area contributed by atoms with E-state index >= 15 is 0 Å². The minimum absolute atomic E-state index is 0.0424. The fraction of sp³-hybridized carbons (Fsp3) is 0.333. The Hall–Kier alpha value is -2.99. The second kappa shape index (κ2) is 7.02. The molecular formula is C24H24ClN5O. The van der Waals surface area contributed by atoms with Crippen molar-refractivity contribution in [3.63, 3.8) is 0 Å². The molecule has 5 rings (SSSR count). The maximum atomic E-state index is 13.5. The van der Waals surface area contributed by atoms with Crippen molar-refractivity contribution in [2.45, 2.75) is 50.7 Å². The van der Waals surface area contributed by atoms with Crippen LogP contribution in [-0.4, -0.2) is 22.6 Å². The summed E-state index contributed by atoms with van der Waals surface area (Å²) in [5, 5.41) is 15.9. The van der Waals surface area contributed by atoms with Crippen LogP contribution in [0.3, 0.4) is 0 Å². The average Bonchev–Trinajstić information content (AvgIpc) is 3.20. The highest BCUT2D eigenvalue weighted by molar-refractivity contribution is 6.33. The van der Waals surface area contributed by atoms with Gasteiger partial charge in [-0.2, -0.15) is 10.2 Å². The quantitative estimate of drug-likeness (QED) is 0.723. The number of rotatable bonds is 3. The van der Waals surface area contributed by atoms with E-state index in [1.54, 1.807) is 12.4 Å². The molecule has 0 aliphatic carbocycles. The molecule has 0 radical (unpaired) electrons. The number of amides is 1. The third kappa shape index (κ3) is 3.00. The minimum Gasteiger partial charge on any atom is -0.362 e. The molecule has 31 heavy (non-hydrogen) atoms. The number of carbonyl (C=O) groups is 1. The van der Waals surface area contributed by atoms with Crippen LogP contribution in [0, 0.1) is 0 Å². The molecular weight excluding hydrogens is 410 g/mol. The normalized spacial score (nSPS) is 26.0. The Labute approximate surface area is 186 Å². The smallest absolute Gasteiger partial charge is 0.250 e. The topological polar surface area (TPSA) is 78.7 Å². The van der Waals surface area contributed by atoms with Gasteiger partial charge in [-0.25, -0.2) is 0 Å². The molecule has 0 spiro atoms. The van der Waals surface area contributed by atoms with Gasteiger partial charge in [0.1, 0.15) is 0 Å². The summed E-state index contributed by atoms with van der Waals surface area (Å²) in [5.41, 5.74) is 4.70. The molecule has 1 unspecified atom stereocenters. The number of azo groups is 1. The number of hydrogen-bond acceptors (Lipinski definition) is 5. The lowest BCUT2D eigenvalue weighted by Gasteiger charge is -2.48. The summed E-state index contributed by atoms with van der Waals surface area (Å²) >= 11 is 6.43. The SMILES string of the molecule is CC[C@]1(c2cccc(-c3ccncc3Cl)c2)C2=CN=NC2NC2=C1C(=O)NC(C)(C)C2. The average molecular weight is 434 g/mol. The highest BCUT2D eigenvalue weighted by Gasteiger charge is 2.53. The summed E-state index contributed by atoms with van der Waals surface area (Å²) in [5.74, 6) is -0.0424. The van der Waals surface area contributed by atoms with Crippen LogP contribution in [0.2, 0.25) is 5.02 Å². The highest BCUT2D eigenvalue weighted by atomic mass is 35.5. The first-order chi connectivity index (χ1) is 14.9. The van der Waals surface area contributed by atoms with Crippen molar-refractivity contribution in [3.05, 3.63) is 76.4 Å². The second-order valence-corrected chi connectivity index (χ2v) is 9.33. The van der Waals surface area contributed by atoms with E-state index in [1.165, 1.54) is 0 Å². The molecule has 158 valence electrons. The van der Waals surface area contributed by atoms with E-state index in [4.69, 9.17) is 11.6 Å². The van der Waals surface area contributed by atoms with E-state index in [-0.39, 0.29) is 17.6 Å². The molecule has 0 saturated carbocycles. The number of pyridine rings is 1. The van der Waals surface area contributed by atoms with Crippen LogP contribution in [0.25, 0.3) is 11.1 Å². The predicted molar refractivity (Wildman–Crippen MR) is 120 cm³/mol. The zero-order chi connectivity index (χ0) is 21.8. The van der Waals surface area contributed by atoms with Crippen LogP contribution in [0.5, 0.6) is 0 Å². The molecule has 1 aromatic carbocycles.